The minimum atomic E-state index is -4.56. The van der Waals surface area contributed by atoms with E-state index in [-0.39, 0.29) is 30.1 Å². The topological polar surface area (TPSA) is 40.6 Å². The van der Waals surface area contributed by atoms with Crippen LogP contribution in [0.3, 0.4) is 0 Å². The minimum Gasteiger partial charge on any atom is -0.330 e. The molecule has 190 valence electrons. The first-order valence-corrected chi connectivity index (χ1v) is 12.9. The highest BCUT2D eigenvalue weighted by molar-refractivity contribution is 7.10. The zero-order valence-electron chi connectivity index (χ0n) is 19.9. The van der Waals surface area contributed by atoms with Crippen LogP contribution in [0.2, 0.25) is 5.02 Å². The Morgan fingerprint density at radius 3 is 2.56 bits per heavy atom. The fraction of sp³-hybridized carbons (Fsp3) is 0.333. The molecule has 0 radical (unpaired) electrons. The molecular formula is C27H26ClF3N2O2S. The smallest absolute Gasteiger partial charge is 0.330 e. The molecule has 2 unspecified atom stereocenters. The lowest BCUT2D eigenvalue weighted by molar-refractivity contribution is -0.137. The number of benzene rings is 2. The summed E-state index contributed by atoms with van der Waals surface area (Å²) in [6.07, 6.45) is -3.31. The van der Waals surface area contributed by atoms with Gasteiger partial charge < -0.3 is 9.80 Å². The van der Waals surface area contributed by atoms with Gasteiger partial charge in [-0.1, -0.05) is 36.7 Å². The molecule has 9 heteroatoms. The molecule has 2 aromatic carbocycles. The fourth-order valence-electron chi connectivity index (χ4n) is 4.47. The van der Waals surface area contributed by atoms with Crippen LogP contribution in [0.25, 0.3) is 0 Å². The van der Waals surface area contributed by atoms with Gasteiger partial charge in [0, 0.05) is 28.0 Å². The Morgan fingerprint density at radius 1 is 1.17 bits per heavy atom. The van der Waals surface area contributed by atoms with Crippen LogP contribution in [-0.4, -0.2) is 40.7 Å². The largest absolute Gasteiger partial charge is 0.416 e. The second kappa shape index (κ2) is 10.6. The lowest BCUT2D eigenvalue weighted by atomic mass is 9.93. The maximum atomic E-state index is 13.7. The number of fused-ring (bicyclic) bond motifs is 1. The number of hydrogen-bond donors (Lipinski definition) is 0. The number of nitrogens with zero attached hydrogens (tertiary/aromatic N) is 2. The third-order valence-corrected chi connectivity index (χ3v) is 7.85. The van der Waals surface area contributed by atoms with Crippen molar-refractivity contribution in [1.29, 1.82) is 0 Å². The van der Waals surface area contributed by atoms with Crippen LogP contribution in [0.1, 0.15) is 58.2 Å². The number of halogens is 4. The van der Waals surface area contributed by atoms with Gasteiger partial charge in [0.15, 0.2) is 0 Å². The van der Waals surface area contributed by atoms with Gasteiger partial charge in [-0.3, -0.25) is 9.59 Å². The molecule has 0 aliphatic carbocycles. The molecule has 2 amide bonds. The van der Waals surface area contributed by atoms with Crippen molar-refractivity contribution in [2.75, 3.05) is 13.1 Å². The van der Waals surface area contributed by atoms with Crippen LogP contribution in [-0.2, 0) is 17.4 Å². The number of alkyl halides is 3. The van der Waals surface area contributed by atoms with Crippen LogP contribution >= 0.6 is 22.9 Å². The molecule has 4 nitrogen and oxygen atoms in total. The zero-order chi connectivity index (χ0) is 26.0. The molecule has 1 aromatic heterocycles. The average Bonchev–Trinajstić information content (AvgIpc) is 3.35. The Balaban J connectivity index is 1.64. The van der Waals surface area contributed by atoms with Crippen LogP contribution in [0.4, 0.5) is 13.2 Å². The van der Waals surface area contributed by atoms with E-state index in [1.54, 1.807) is 35.3 Å². The van der Waals surface area contributed by atoms with Crippen molar-refractivity contribution in [3.8, 4) is 0 Å². The van der Waals surface area contributed by atoms with Crippen LogP contribution in [0.5, 0.6) is 0 Å². The number of carbonyl (C=O) groups is 2. The predicted octanol–water partition coefficient (Wildman–Crippen LogP) is 6.84. The molecule has 4 rings (SSSR count). The molecule has 0 spiro atoms. The molecule has 1 aliphatic heterocycles. The van der Waals surface area contributed by atoms with Gasteiger partial charge in [-0.25, -0.2) is 0 Å². The molecule has 0 saturated carbocycles. The second-order valence-corrected chi connectivity index (χ2v) is 10.3. The number of hydrogen-bond acceptors (Lipinski definition) is 3. The van der Waals surface area contributed by atoms with Crippen LogP contribution in [0, 0.1) is 0 Å². The molecule has 3 aromatic rings. The maximum Gasteiger partial charge on any atom is 0.416 e. The Bertz CT molecular complexity index is 1240. The molecule has 2 heterocycles. The van der Waals surface area contributed by atoms with E-state index in [4.69, 9.17) is 11.6 Å². The van der Waals surface area contributed by atoms with Gasteiger partial charge in [0.25, 0.3) is 5.91 Å². The van der Waals surface area contributed by atoms with Crippen LogP contribution < -0.4 is 0 Å². The summed E-state index contributed by atoms with van der Waals surface area (Å²) in [6.45, 7) is 3.92. The summed E-state index contributed by atoms with van der Waals surface area (Å²) in [7, 11) is 0. The zero-order valence-corrected chi connectivity index (χ0v) is 21.5. The summed E-state index contributed by atoms with van der Waals surface area (Å²) < 4.78 is 39.7. The average molecular weight is 535 g/mol. The summed E-state index contributed by atoms with van der Waals surface area (Å²) in [5.74, 6) is -0.854. The van der Waals surface area contributed by atoms with Gasteiger partial charge in [0.1, 0.15) is 6.54 Å². The standard InChI is InChI=1S/C27H26ClF3N2O2S/c1-3-17(2)33(26(35)19-5-4-6-20(15-19)27(29,30)31)16-24(34)32-13-11-23-22(12-14-36-23)25(32)18-7-9-21(28)10-8-18/h4-10,12,14-15,17,25H,3,11,13,16H2,1-2H3. The van der Waals surface area contributed by atoms with E-state index >= 15 is 0 Å². The van der Waals surface area contributed by atoms with Gasteiger partial charge in [0.2, 0.25) is 5.91 Å². The summed E-state index contributed by atoms with van der Waals surface area (Å²) in [5, 5.41) is 2.59. The predicted molar refractivity (Wildman–Crippen MR) is 135 cm³/mol. The maximum absolute atomic E-state index is 13.7. The fourth-order valence-corrected chi connectivity index (χ4v) is 5.50. The Labute approximate surface area is 217 Å². The van der Waals surface area contributed by atoms with Gasteiger partial charge in [-0.15, -0.1) is 11.3 Å². The summed E-state index contributed by atoms with van der Waals surface area (Å²) >= 11 is 7.74. The number of rotatable bonds is 6. The minimum absolute atomic E-state index is 0.0917. The van der Waals surface area contributed by atoms with E-state index in [9.17, 15) is 22.8 Å². The van der Waals surface area contributed by atoms with Crippen LogP contribution in [0.15, 0.2) is 60.0 Å². The SMILES string of the molecule is CCC(C)N(CC(=O)N1CCc2sccc2C1c1ccc(Cl)cc1)C(=O)c1cccc(C(F)(F)F)c1. The number of carbonyl (C=O) groups excluding carboxylic acids is 2. The normalized spacial score (nSPS) is 16.4. The first-order valence-electron chi connectivity index (χ1n) is 11.7. The lowest BCUT2D eigenvalue weighted by Gasteiger charge is -2.38. The van der Waals surface area contributed by atoms with Crippen molar-refractivity contribution in [3.05, 3.63) is 92.1 Å². The summed E-state index contributed by atoms with van der Waals surface area (Å²) in [6, 6.07) is 13.0. The molecule has 0 saturated heterocycles. The molecule has 2 atom stereocenters. The third kappa shape index (κ3) is 5.44. The third-order valence-electron chi connectivity index (χ3n) is 6.60. The van der Waals surface area contributed by atoms with E-state index in [0.717, 1.165) is 23.3 Å². The number of thiophene rings is 1. The van der Waals surface area contributed by atoms with Crippen molar-refractivity contribution >= 4 is 34.8 Å². The van der Waals surface area contributed by atoms with Crippen molar-refractivity contribution in [2.24, 2.45) is 0 Å². The van der Waals surface area contributed by atoms with Gasteiger partial charge >= 0.3 is 6.18 Å². The van der Waals surface area contributed by atoms with Gasteiger partial charge in [-0.05, 0) is 72.7 Å². The molecule has 0 N–H and O–H groups in total. The molecule has 36 heavy (non-hydrogen) atoms. The molecular weight excluding hydrogens is 509 g/mol. The molecule has 0 fully saturated rings. The Hall–Kier alpha value is -2.84. The van der Waals surface area contributed by atoms with Gasteiger partial charge in [0.05, 0.1) is 11.6 Å². The quantitative estimate of drug-likeness (QED) is 0.347. The van der Waals surface area contributed by atoms with Gasteiger partial charge in [-0.2, -0.15) is 13.2 Å². The van der Waals surface area contributed by atoms with E-state index in [0.29, 0.717) is 24.4 Å². The van der Waals surface area contributed by atoms with E-state index in [1.807, 2.05) is 30.5 Å². The van der Waals surface area contributed by atoms with Crippen molar-refractivity contribution < 1.29 is 22.8 Å². The summed E-state index contributed by atoms with van der Waals surface area (Å²) in [4.78, 5) is 31.4. The Morgan fingerprint density at radius 2 is 1.89 bits per heavy atom. The first-order chi connectivity index (χ1) is 17.1. The molecule has 0 bridgehead atoms. The highest BCUT2D eigenvalue weighted by Gasteiger charge is 2.36. The first kappa shape index (κ1) is 26.2. The number of amides is 2. The Kier molecular flexibility index (Phi) is 7.76. The summed E-state index contributed by atoms with van der Waals surface area (Å²) in [5.41, 5.74) is 0.964. The lowest BCUT2D eigenvalue weighted by Crippen LogP contribution is -2.49. The highest BCUT2D eigenvalue weighted by atomic mass is 35.5. The molecule has 1 aliphatic rings. The monoisotopic (exact) mass is 534 g/mol. The van der Waals surface area contributed by atoms with Crippen molar-refractivity contribution in [2.45, 2.75) is 44.9 Å². The van der Waals surface area contributed by atoms with E-state index < -0.39 is 17.6 Å². The van der Waals surface area contributed by atoms with Crippen molar-refractivity contribution in [3.63, 3.8) is 0 Å². The van der Waals surface area contributed by atoms with E-state index in [2.05, 4.69) is 0 Å². The van der Waals surface area contributed by atoms with E-state index in [1.165, 1.54) is 21.9 Å². The van der Waals surface area contributed by atoms with Crippen molar-refractivity contribution in [1.82, 2.24) is 9.80 Å². The second-order valence-electron chi connectivity index (χ2n) is 8.86. The highest BCUT2D eigenvalue weighted by Crippen LogP contribution is 2.38.